The number of hydrogen-bond donors (Lipinski definition) is 8. The smallest absolute Gasteiger partial charge is 0.296 e. The highest BCUT2D eigenvalue weighted by Gasteiger charge is 2.27. The maximum atomic E-state index is 13.2. The van der Waals surface area contributed by atoms with Crippen molar-refractivity contribution < 1.29 is 76.4 Å². The predicted octanol–water partition coefficient (Wildman–Crippen LogP) is 6.33. The third-order valence-electron chi connectivity index (χ3n) is 8.73. The van der Waals surface area contributed by atoms with Gasteiger partial charge < -0.3 is 36.4 Å². The standard InChI is InChI=1S/C34H28N8O17S4/c1-58-25-11-17(3-5-23(25)37-39-31-27(62(52,53)54)9-15-7-19(60(46,47)48)13-21(35)29(15)33(31)43)41-42(45)18-4-6-24(26(12-18)59-2)38-40-32-28(63(55,56)57)10-16-8-20(61(49,50)51)14-22(36)30(16)34(32)44/h3-14,43-44H,35-36H2,1-2H3,(H,46,47,48)(H,49,50,51)(H,52,53,54)(H,55,56,57)/b39-37+,40-38+,42-41-. The Labute approximate surface area is 354 Å². The first-order chi connectivity index (χ1) is 29.2. The van der Waals surface area contributed by atoms with Gasteiger partial charge in [-0.25, -0.2) is 0 Å². The first-order valence-electron chi connectivity index (χ1n) is 16.7. The molecule has 0 fully saturated rings. The molecule has 29 heteroatoms. The van der Waals surface area contributed by atoms with Crippen molar-refractivity contribution in [3.8, 4) is 23.0 Å². The molecule has 330 valence electrons. The van der Waals surface area contributed by atoms with E-state index >= 15 is 0 Å². The molecule has 0 aromatic heterocycles. The molecule has 0 heterocycles. The third kappa shape index (κ3) is 9.24. The molecule has 0 aliphatic carbocycles. The zero-order chi connectivity index (χ0) is 46.6. The number of benzene rings is 6. The van der Waals surface area contributed by atoms with Crippen LogP contribution in [0, 0.1) is 5.21 Å². The number of nitrogens with two attached hydrogens (primary N) is 2. The number of fused-ring (bicyclic) bond motifs is 2. The number of phenols is 2. The van der Waals surface area contributed by atoms with Gasteiger partial charge >= 0.3 is 0 Å². The van der Waals surface area contributed by atoms with Crippen LogP contribution >= 0.6 is 0 Å². The Bertz CT molecular complexity index is 3490. The lowest BCUT2D eigenvalue weighted by Gasteiger charge is -2.12. The van der Waals surface area contributed by atoms with Gasteiger partial charge in [-0.05, 0) is 70.2 Å². The van der Waals surface area contributed by atoms with E-state index in [9.17, 15) is 67.3 Å². The predicted molar refractivity (Wildman–Crippen MR) is 219 cm³/mol. The molecule has 0 saturated carbocycles. The number of methoxy groups -OCH3 is 2. The molecule has 0 aliphatic heterocycles. The number of nitrogens with zero attached hydrogens (tertiary/aromatic N) is 6. The molecule has 0 bridgehead atoms. The lowest BCUT2D eigenvalue weighted by atomic mass is 10.1. The van der Waals surface area contributed by atoms with Gasteiger partial charge in [0.05, 0.1) is 30.1 Å². The van der Waals surface area contributed by atoms with Gasteiger partial charge in [0.1, 0.15) is 44.0 Å². The number of hydrogen-bond acceptors (Lipinski definition) is 20. The molecule has 63 heavy (non-hydrogen) atoms. The van der Waals surface area contributed by atoms with Crippen molar-refractivity contribution in [2.24, 2.45) is 25.6 Å². The van der Waals surface area contributed by atoms with Crippen molar-refractivity contribution in [3.63, 3.8) is 0 Å². The van der Waals surface area contributed by atoms with Crippen molar-refractivity contribution in [3.05, 3.63) is 78.0 Å². The average Bonchev–Trinajstić information content (AvgIpc) is 3.18. The minimum Gasteiger partial charge on any atom is -0.594 e. The number of rotatable bonds is 12. The van der Waals surface area contributed by atoms with E-state index in [0.717, 1.165) is 42.5 Å². The van der Waals surface area contributed by atoms with Crippen molar-refractivity contribution >= 4 is 108 Å². The molecule has 0 amide bonds. The number of phenolic OH excluding ortho intramolecular Hbond substituents is 2. The number of ether oxygens (including phenoxy) is 2. The van der Waals surface area contributed by atoms with Gasteiger partial charge in [-0.2, -0.15) is 33.7 Å². The second-order valence-electron chi connectivity index (χ2n) is 12.8. The van der Waals surface area contributed by atoms with E-state index < -0.39 is 94.3 Å². The Balaban J connectivity index is 1.33. The van der Waals surface area contributed by atoms with Crippen LogP contribution in [0.4, 0.5) is 45.5 Å². The van der Waals surface area contributed by atoms with E-state index in [0.29, 0.717) is 0 Å². The number of nitrogen functional groups attached to an aromatic ring is 2. The van der Waals surface area contributed by atoms with E-state index in [1.807, 2.05) is 0 Å². The maximum absolute atomic E-state index is 13.2. The summed E-state index contributed by atoms with van der Waals surface area (Å²) in [7, 11) is -17.6. The summed E-state index contributed by atoms with van der Waals surface area (Å²) < 4.78 is 145. The summed E-state index contributed by atoms with van der Waals surface area (Å²) >= 11 is 0. The molecule has 0 aliphatic rings. The molecule has 25 nitrogen and oxygen atoms in total. The zero-order valence-corrected chi connectivity index (χ0v) is 34.8. The Morgan fingerprint density at radius 2 is 0.968 bits per heavy atom. The monoisotopic (exact) mass is 948 g/mol. The summed E-state index contributed by atoms with van der Waals surface area (Å²) in [6, 6.07) is 11.9. The highest BCUT2D eigenvalue weighted by atomic mass is 32.2. The lowest BCUT2D eigenvalue weighted by molar-refractivity contribution is -0.435. The minimum absolute atomic E-state index is 0.0503. The fourth-order valence-corrected chi connectivity index (χ4v) is 8.34. The Morgan fingerprint density at radius 3 is 1.37 bits per heavy atom. The van der Waals surface area contributed by atoms with Crippen LogP contribution in [0.5, 0.6) is 23.0 Å². The summed E-state index contributed by atoms with van der Waals surface area (Å²) in [5.41, 5.74) is 8.82. The van der Waals surface area contributed by atoms with Crippen LogP contribution in [0.15, 0.2) is 118 Å². The second kappa shape index (κ2) is 16.3. The summed E-state index contributed by atoms with van der Waals surface area (Å²) in [4.78, 5) is -3.37. The third-order valence-corrected chi connectivity index (χ3v) is 12.1. The Hall–Kier alpha value is -7.12. The van der Waals surface area contributed by atoms with Crippen LogP contribution in [-0.4, -0.2) is 81.2 Å². The van der Waals surface area contributed by atoms with Gasteiger partial charge in [-0.15, -0.1) is 20.5 Å². The van der Waals surface area contributed by atoms with Crippen molar-refractivity contribution in [1.29, 1.82) is 0 Å². The molecule has 0 radical (unpaired) electrons. The van der Waals surface area contributed by atoms with Gasteiger partial charge in [-0.1, -0.05) is 0 Å². The minimum atomic E-state index is -5.17. The van der Waals surface area contributed by atoms with Gasteiger partial charge in [0.2, 0.25) is 5.69 Å². The fraction of sp³-hybridized carbons (Fsp3) is 0.0588. The van der Waals surface area contributed by atoms with Crippen LogP contribution < -0.4 is 20.9 Å². The summed E-state index contributed by atoms with van der Waals surface area (Å²) in [6.07, 6.45) is 0. The second-order valence-corrected chi connectivity index (χ2v) is 18.4. The first-order valence-corrected chi connectivity index (χ1v) is 22.5. The van der Waals surface area contributed by atoms with E-state index in [2.05, 4.69) is 25.6 Å². The van der Waals surface area contributed by atoms with Crippen LogP contribution in [-0.2, 0) is 40.5 Å². The zero-order valence-electron chi connectivity index (χ0n) is 31.6. The van der Waals surface area contributed by atoms with Crippen LogP contribution in [0.25, 0.3) is 21.5 Å². The molecular weight excluding hydrogens is 921 g/mol. The Kier molecular flexibility index (Phi) is 11.7. The van der Waals surface area contributed by atoms with Crippen LogP contribution in [0.3, 0.4) is 0 Å². The summed E-state index contributed by atoms with van der Waals surface area (Å²) in [6.45, 7) is 0. The molecule has 6 aromatic rings. The van der Waals surface area contributed by atoms with E-state index in [1.165, 1.54) is 44.6 Å². The highest BCUT2D eigenvalue weighted by molar-refractivity contribution is 7.86. The molecule has 0 saturated heterocycles. The van der Waals surface area contributed by atoms with Crippen molar-refractivity contribution in [1.82, 2.24) is 0 Å². The van der Waals surface area contributed by atoms with Crippen LogP contribution in [0.2, 0.25) is 0 Å². The largest absolute Gasteiger partial charge is 0.594 e. The lowest BCUT2D eigenvalue weighted by Crippen LogP contribution is -2.02. The SMILES string of the molecule is COc1cc(/N=[N+](\[O-])c2ccc(/N=N/c3c(S(=O)(=O)O)cc4cc(S(=O)(=O)O)cc(N)c4c3O)c(OC)c2)ccc1/N=N/c1c(S(=O)(=O)O)cc2cc(S(=O)(=O)O)cc(N)c2c1O. The van der Waals surface area contributed by atoms with Gasteiger partial charge in [0.15, 0.2) is 17.2 Å². The molecule has 0 unspecified atom stereocenters. The molecule has 6 rings (SSSR count). The topological polar surface area (TPSA) is 416 Å². The van der Waals surface area contributed by atoms with Gasteiger partial charge in [-0.3, -0.25) is 18.2 Å². The number of azo groups is 3. The van der Waals surface area contributed by atoms with Crippen molar-refractivity contribution in [2.75, 3.05) is 25.7 Å². The molecule has 0 spiro atoms. The number of anilines is 2. The molecule has 0 atom stereocenters. The van der Waals surface area contributed by atoms with Gasteiger partial charge in [0, 0.05) is 39.4 Å². The summed E-state index contributed by atoms with van der Waals surface area (Å²) in [5, 5.41) is 53.2. The van der Waals surface area contributed by atoms with E-state index in [-0.39, 0.29) is 60.7 Å². The van der Waals surface area contributed by atoms with Gasteiger partial charge in [0.25, 0.3) is 40.5 Å². The first kappa shape index (κ1) is 45.4. The van der Waals surface area contributed by atoms with Crippen LogP contribution in [0.1, 0.15) is 0 Å². The molecular formula is C34H28N8O17S4. The van der Waals surface area contributed by atoms with E-state index in [4.69, 9.17) is 20.9 Å². The Morgan fingerprint density at radius 1 is 0.556 bits per heavy atom. The van der Waals surface area contributed by atoms with Crippen molar-refractivity contribution in [2.45, 2.75) is 19.6 Å². The average molecular weight is 949 g/mol. The fourth-order valence-electron chi connectivity index (χ4n) is 5.92. The quantitative estimate of drug-likeness (QED) is 0.0218. The molecule has 6 aromatic carbocycles. The number of aromatic hydroxyl groups is 2. The normalized spacial score (nSPS) is 13.1. The maximum Gasteiger partial charge on any atom is 0.296 e. The molecule has 10 N–H and O–H groups in total. The van der Waals surface area contributed by atoms with E-state index in [1.54, 1.807) is 0 Å². The summed E-state index contributed by atoms with van der Waals surface area (Å²) in [5.74, 6) is -2.12. The highest BCUT2D eigenvalue weighted by Crippen LogP contribution is 2.47.